The third kappa shape index (κ3) is 3.70. The van der Waals surface area contributed by atoms with Crippen LogP contribution in [0.2, 0.25) is 13.1 Å². The van der Waals surface area contributed by atoms with E-state index in [4.69, 9.17) is 9.97 Å². The minimum absolute atomic E-state index is 0.927. The molecule has 0 saturated carbocycles. The van der Waals surface area contributed by atoms with Gasteiger partial charge in [-0.2, -0.15) is 0 Å². The molecule has 1 aliphatic rings. The fraction of sp³-hybridized carbons (Fsp3) is 0.0465. The predicted octanol–water partition coefficient (Wildman–Crippen LogP) is 9.77. The Balaban J connectivity index is 1.23. The van der Waals surface area contributed by atoms with Gasteiger partial charge >= 0.3 is 0 Å². The van der Waals surface area contributed by atoms with Gasteiger partial charge in [0.2, 0.25) is 0 Å². The fourth-order valence-corrected chi connectivity index (χ4v) is 11.1. The van der Waals surface area contributed by atoms with Crippen molar-refractivity contribution in [2.45, 2.75) is 13.1 Å². The van der Waals surface area contributed by atoms with Crippen molar-refractivity contribution in [3.8, 4) is 33.6 Å². The molecule has 1 aliphatic heterocycles. The van der Waals surface area contributed by atoms with Gasteiger partial charge in [0.1, 0.15) is 8.07 Å². The highest BCUT2D eigenvalue weighted by Gasteiger charge is 2.38. The van der Waals surface area contributed by atoms with Crippen molar-refractivity contribution in [1.29, 1.82) is 0 Å². The lowest BCUT2D eigenvalue weighted by Crippen LogP contribution is -2.49. The Hall–Kier alpha value is -5.71. The van der Waals surface area contributed by atoms with Crippen LogP contribution in [-0.4, -0.2) is 23.0 Å². The first-order chi connectivity index (χ1) is 23.1. The molecule has 0 fully saturated rings. The molecule has 0 aliphatic carbocycles. The summed E-state index contributed by atoms with van der Waals surface area (Å²) in [5, 5.41) is 11.2. The van der Waals surface area contributed by atoms with Crippen LogP contribution in [0, 0.1) is 0 Å². The monoisotopic (exact) mass is 615 g/mol. The summed E-state index contributed by atoms with van der Waals surface area (Å²) < 4.78 is 0. The summed E-state index contributed by atoms with van der Waals surface area (Å²) in [4.78, 5) is 15.4. The zero-order valence-electron chi connectivity index (χ0n) is 26.1. The van der Waals surface area contributed by atoms with E-state index in [1.807, 2.05) is 12.3 Å². The quantitative estimate of drug-likeness (QED) is 0.144. The number of rotatable bonds is 2. The Morgan fingerprint density at radius 3 is 2.02 bits per heavy atom. The lowest BCUT2D eigenvalue weighted by atomic mass is 9.91. The molecule has 0 radical (unpaired) electrons. The molecule has 4 heterocycles. The van der Waals surface area contributed by atoms with E-state index in [0.29, 0.717) is 0 Å². The largest absolute Gasteiger partial charge is 0.254 e. The zero-order valence-corrected chi connectivity index (χ0v) is 27.1. The molecule has 0 amide bonds. The number of aromatic nitrogens is 3. The summed E-state index contributed by atoms with van der Waals surface area (Å²) in [6.45, 7) is 4.95. The Morgan fingerprint density at radius 2 is 1.15 bits per heavy atom. The van der Waals surface area contributed by atoms with Gasteiger partial charge in [0.05, 0.1) is 27.9 Å². The van der Waals surface area contributed by atoms with Crippen molar-refractivity contribution < 1.29 is 0 Å². The molecule has 47 heavy (non-hydrogen) atoms. The van der Waals surface area contributed by atoms with Gasteiger partial charge in [-0.3, -0.25) is 4.98 Å². The Kier molecular flexibility index (Phi) is 5.44. The first-order valence-corrected chi connectivity index (χ1v) is 19.2. The van der Waals surface area contributed by atoms with Crippen molar-refractivity contribution in [1.82, 2.24) is 15.0 Å². The van der Waals surface area contributed by atoms with Crippen molar-refractivity contribution in [3.05, 3.63) is 140 Å². The Labute approximate surface area is 273 Å². The van der Waals surface area contributed by atoms with Gasteiger partial charge in [-0.25, -0.2) is 9.97 Å². The average molecular weight is 616 g/mol. The fourth-order valence-electron chi connectivity index (χ4n) is 8.06. The molecule has 0 saturated heterocycles. The molecular formula is C43H29N3Si. The first-order valence-electron chi connectivity index (χ1n) is 16.2. The zero-order chi connectivity index (χ0) is 31.3. The number of benzene rings is 6. The van der Waals surface area contributed by atoms with Crippen LogP contribution in [0.3, 0.4) is 0 Å². The lowest BCUT2D eigenvalue weighted by molar-refractivity contribution is 1.37. The second kappa shape index (κ2) is 9.65. The maximum Gasteiger partial charge on any atom is 0.113 e. The van der Waals surface area contributed by atoms with Crippen LogP contribution in [0.1, 0.15) is 0 Å². The van der Waals surface area contributed by atoms with Gasteiger partial charge in [-0.05, 0) is 55.9 Å². The molecule has 4 heteroatoms. The normalized spacial score (nSPS) is 13.5. The summed E-state index contributed by atoms with van der Waals surface area (Å²) in [6.07, 6.45) is 1.84. The van der Waals surface area contributed by atoms with E-state index in [0.717, 1.165) is 55.2 Å². The maximum atomic E-state index is 5.49. The van der Waals surface area contributed by atoms with Crippen molar-refractivity contribution in [3.63, 3.8) is 0 Å². The summed E-state index contributed by atoms with van der Waals surface area (Å²) in [7, 11) is -1.81. The van der Waals surface area contributed by atoms with E-state index in [2.05, 4.69) is 145 Å². The molecule has 0 spiro atoms. The van der Waals surface area contributed by atoms with E-state index in [1.54, 1.807) is 0 Å². The van der Waals surface area contributed by atoms with Crippen LogP contribution in [0.5, 0.6) is 0 Å². The number of hydrogen-bond acceptors (Lipinski definition) is 3. The van der Waals surface area contributed by atoms with Gasteiger partial charge in [0, 0.05) is 38.9 Å². The van der Waals surface area contributed by atoms with Crippen molar-refractivity contribution in [2.24, 2.45) is 0 Å². The molecule has 0 unspecified atom stereocenters. The molecule has 220 valence electrons. The van der Waals surface area contributed by atoms with E-state index >= 15 is 0 Å². The van der Waals surface area contributed by atoms with Gasteiger partial charge in [-0.15, -0.1) is 0 Å². The topological polar surface area (TPSA) is 38.7 Å². The molecular weight excluding hydrogens is 587 g/mol. The number of pyridine rings is 3. The van der Waals surface area contributed by atoms with E-state index in [1.165, 1.54) is 43.0 Å². The summed E-state index contributed by atoms with van der Waals surface area (Å²) in [5.41, 5.74) is 9.85. The van der Waals surface area contributed by atoms with E-state index in [-0.39, 0.29) is 0 Å². The van der Waals surface area contributed by atoms with Crippen molar-refractivity contribution >= 4 is 72.7 Å². The SMILES string of the molecule is C[Si]1(C)c2ccccc2-c2c1ccc1nc(-c3cccc4c(-c5ccc6ccc7cccnc7c6n5)cccc34)c3ccccc3c21. The predicted molar refractivity (Wildman–Crippen MR) is 200 cm³/mol. The third-order valence-electron chi connectivity index (χ3n) is 10.3. The number of nitrogens with zero attached hydrogens (tertiary/aromatic N) is 3. The number of fused-ring (bicyclic) bond motifs is 11. The van der Waals surface area contributed by atoms with E-state index < -0.39 is 8.07 Å². The summed E-state index contributed by atoms with van der Waals surface area (Å²) >= 11 is 0. The summed E-state index contributed by atoms with van der Waals surface area (Å²) in [5.74, 6) is 0. The number of hydrogen-bond donors (Lipinski definition) is 0. The van der Waals surface area contributed by atoms with Crippen molar-refractivity contribution in [2.75, 3.05) is 0 Å². The second-order valence-corrected chi connectivity index (χ2v) is 17.5. The lowest BCUT2D eigenvalue weighted by Gasteiger charge is -2.19. The molecule has 0 bridgehead atoms. The molecule has 0 N–H and O–H groups in total. The second-order valence-electron chi connectivity index (χ2n) is 13.2. The highest BCUT2D eigenvalue weighted by atomic mass is 28.3. The van der Waals surface area contributed by atoms with Crippen LogP contribution >= 0.6 is 0 Å². The van der Waals surface area contributed by atoms with Crippen LogP contribution in [0.4, 0.5) is 0 Å². The standard InChI is InChI=1S/C43H29N3Si/c1-47(2)37-18-6-5-13-34(37)40-38(47)24-23-36-39(40)31-11-3-4-12-33(31)43(46-36)32-17-8-14-28-29(32)15-7-16-30(28)35-22-21-27-20-19-26-10-9-25-44-41(26)42(27)45-35/h3-25H,1-2H3. The smallest absolute Gasteiger partial charge is 0.113 e. The molecule has 9 aromatic rings. The minimum atomic E-state index is -1.81. The highest BCUT2D eigenvalue weighted by Crippen LogP contribution is 2.42. The van der Waals surface area contributed by atoms with E-state index in [9.17, 15) is 0 Å². The van der Waals surface area contributed by atoms with Crippen LogP contribution in [0.25, 0.3) is 87.9 Å². The third-order valence-corrected chi connectivity index (χ3v) is 13.8. The Bertz CT molecular complexity index is 2780. The molecule has 6 aromatic carbocycles. The van der Waals surface area contributed by atoms with Gasteiger partial charge in [0.25, 0.3) is 0 Å². The molecule has 10 rings (SSSR count). The van der Waals surface area contributed by atoms with Crippen LogP contribution in [-0.2, 0) is 0 Å². The first kappa shape index (κ1) is 26.5. The van der Waals surface area contributed by atoms with Gasteiger partial charge < -0.3 is 0 Å². The molecule has 0 atom stereocenters. The Morgan fingerprint density at radius 1 is 0.468 bits per heavy atom. The minimum Gasteiger partial charge on any atom is -0.254 e. The highest BCUT2D eigenvalue weighted by molar-refractivity contribution is 7.04. The van der Waals surface area contributed by atoms with Gasteiger partial charge in [0.15, 0.2) is 0 Å². The average Bonchev–Trinajstić information content (AvgIpc) is 3.36. The van der Waals surface area contributed by atoms with Crippen LogP contribution in [0.15, 0.2) is 140 Å². The summed E-state index contributed by atoms with van der Waals surface area (Å²) in [6, 6.07) is 48.2. The molecule has 3 aromatic heterocycles. The van der Waals surface area contributed by atoms with Gasteiger partial charge in [-0.1, -0.05) is 128 Å². The maximum absolute atomic E-state index is 5.49. The molecule has 3 nitrogen and oxygen atoms in total. The van der Waals surface area contributed by atoms with Crippen LogP contribution < -0.4 is 10.4 Å².